The zero-order valence-corrected chi connectivity index (χ0v) is 20.5. The van der Waals surface area contributed by atoms with Gasteiger partial charge in [-0.1, -0.05) is 74.5 Å². The molecule has 0 unspecified atom stereocenters. The molecule has 0 aliphatic rings. The van der Waals surface area contributed by atoms with Gasteiger partial charge in [0.05, 0.1) is 0 Å². The first-order chi connectivity index (χ1) is 16.9. The number of carbonyl (C=O) groups is 2. The molecule has 0 fully saturated rings. The molecule has 1 atom stereocenters. The largest absolute Gasteiger partial charge is 0.483 e. The highest BCUT2D eigenvalue weighted by Crippen LogP contribution is 2.26. The van der Waals surface area contributed by atoms with Crippen molar-refractivity contribution in [1.29, 1.82) is 0 Å². The van der Waals surface area contributed by atoms with Crippen LogP contribution in [0.2, 0.25) is 0 Å². The molecule has 184 valence electrons. The number of rotatable bonds is 11. The monoisotopic (exact) mass is 476 g/mol. The summed E-state index contributed by atoms with van der Waals surface area (Å²) in [5, 5.41) is 2.86. The Labute approximate surface area is 206 Å². The molecule has 0 aliphatic carbocycles. The predicted molar refractivity (Wildman–Crippen MR) is 136 cm³/mol. The molecule has 1 N–H and O–H groups in total. The number of likely N-dealkylation sites (N-methyl/N-ethyl adjacent to an activating group) is 1. The van der Waals surface area contributed by atoms with E-state index in [0.29, 0.717) is 18.7 Å². The van der Waals surface area contributed by atoms with Crippen LogP contribution in [0.15, 0.2) is 78.9 Å². The second-order valence-electron chi connectivity index (χ2n) is 8.73. The van der Waals surface area contributed by atoms with Crippen LogP contribution in [0.5, 0.6) is 5.75 Å². The summed E-state index contributed by atoms with van der Waals surface area (Å²) in [6.07, 6.45) is 0.349. The predicted octanol–water partition coefficient (Wildman–Crippen LogP) is 5.10. The van der Waals surface area contributed by atoms with E-state index in [1.165, 1.54) is 17.0 Å². The maximum atomic E-state index is 13.6. The van der Waals surface area contributed by atoms with E-state index in [1.807, 2.05) is 61.5 Å². The number of ether oxygens (including phenoxy) is 1. The van der Waals surface area contributed by atoms with Gasteiger partial charge in [-0.15, -0.1) is 0 Å². The molecular formula is C29H33FN2O3. The van der Waals surface area contributed by atoms with E-state index in [2.05, 4.69) is 19.2 Å². The number of carbonyl (C=O) groups excluding carboxylic acids is 2. The highest BCUT2D eigenvalue weighted by molar-refractivity contribution is 5.88. The molecule has 35 heavy (non-hydrogen) atoms. The van der Waals surface area contributed by atoms with Gasteiger partial charge in [-0.3, -0.25) is 9.59 Å². The summed E-state index contributed by atoms with van der Waals surface area (Å²) < 4.78 is 19.5. The van der Waals surface area contributed by atoms with Crippen LogP contribution in [0.1, 0.15) is 43.4 Å². The molecule has 0 radical (unpaired) electrons. The lowest BCUT2D eigenvalue weighted by Gasteiger charge is -2.31. The van der Waals surface area contributed by atoms with Crippen LogP contribution >= 0.6 is 0 Å². The van der Waals surface area contributed by atoms with Crippen molar-refractivity contribution >= 4 is 11.8 Å². The number of halogens is 1. The van der Waals surface area contributed by atoms with Crippen LogP contribution in [0.4, 0.5) is 4.39 Å². The number of amides is 2. The van der Waals surface area contributed by atoms with Crippen LogP contribution in [0.25, 0.3) is 0 Å². The number of hydrogen-bond donors (Lipinski definition) is 1. The average Bonchev–Trinajstić information content (AvgIpc) is 2.86. The van der Waals surface area contributed by atoms with Crippen molar-refractivity contribution in [1.82, 2.24) is 10.2 Å². The summed E-state index contributed by atoms with van der Waals surface area (Å²) in [4.78, 5) is 28.2. The Bertz CT molecular complexity index is 1100. The summed E-state index contributed by atoms with van der Waals surface area (Å²) in [7, 11) is 0. The molecule has 6 heteroatoms. The third-order valence-corrected chi connectivity index (χ3v) is 5.78. The van der Waals surface area contributed by atoms with E-state index in [0.717, 1.165) is 16.7 Å². The highest BCUT2D eigenvalue weighted by atomic mass is 19.1. The highest BCUT2D eigenvalue weighted by Gasteiger charge is 2.30. The van der Waals surface area contributed by atoms with Gasteiger partial charge in [-0.2, -0.15) is 0 Å². The van der Waals surface area contributed by atoms with Crippen LogP contribution in [-0.4, -0.2) is 35.9 Å². The van der Waals surface area contributed by atoms with E-state index >= 15 is 0 Å². The molecule has 3 rings (SSSR count). The van der Waals surface area contributed by atoms with Crippen molar-refractivity contribution in [2.45, 2.75) is 45.7 Å². The van der Waals surface area contributed by atoms with Crippen molar-refractivity contribution < 1.29 is 18.7 Å². The molecule has 0 heterocycles. The van der Waals surface area contributed by atoms with Crippen molar-refractivity contribution in [2.75, 3.05) is 13.2 Å². The summed E-state index contributed by atoms with van der Waals surface area (Å²) in [5.41, 5.74) is 2.67. The van der Waals surface area contributed by atoms with Crippen LogP contribution in [0, 0.1) is 5.82 Å². The fourth-order valence-electron chi connectivity index (χ4n) is 3.94. The number of nitrogens with zero attached hydrogens (tertiary/aromatic N) is 1. The summed E-state index contributed by atoms with van der Waals surface area (Å²) in [5.74, 6) is -0.0349. The fraction of sp³-hybridized carbons (Fsp3) is 0.310. The summed E-state index contributed by atoms with van der Waals surface area (Å²) in [6.45, 7) is 6.36. The fourth-order valence-corrected chi connectivity index (χ4v) is 3.94. The minimum atomic E-state index is -0.751. The summed E-state index contributed by atoms with van der Waals surface area (Å²) in [6, 6.07) is 22.4. The minimum Gasteiger partial charge on any atom is -0.483 e. The van der Waals surface area contributed by atoms with Gasteiger partial charge in [0.1, 0.15) is 17.6 Å². The number of para-hydroxylation sites is 1. The minimum absolute atomic E-state index is 0.156. The van der Waals surface area contributed by atoms with Crippen LogP contribution in [-0.2, 0) is 22.6 Å². The van der Waals surface area contributed by atoms with Crippen molar-refractivity contribution in [3.05, 3.63) is 101 Å². The first kappa shape index (κ1) is 25.9. The lowest BCUT2D eigenvalue weighted by Crippen LogP contribution is -2.51. The number of hydrogen-bond acceptors (Lipinski definition) is 3. The van der Waals surface area contributed by atoms with E-state index in [4.69, 9.17) is 4.74 Å². The van der Waals surface area contributed by atoms with Gasteiger partial charge in [-0.25, -0.2) is 4.39 Å². The molecule has 0 saturated carbocycles. The summed E-state index contributed by atoms with van der Waals surface area (Å²) >= 11 is 0. The van der Waals surface area contributed by atoms with Gasteiger partial charge in [0.25, 0.3) is 5.91 Å². The van der Waals surface area contributed by atoms with E-state index < -0.39 is 6.04 Å². The van der Waals surface area contributed by atoms with E-state index in [1.54, 1.807) is 12.1 Å². The van der Waals surface area contributed by atoms with Crippen molar-refractivity contribution in [2.24, 2.45) is 0 Å². The first-order valence-corrected chi connectivity index (χ1v) is 12.0. The molecule has 0 aliphatic heterocycles. The van der Waals surface area contributed by atoms with Crippen LogP contribution in [0.3, 0.4) is 0 Å². The molecule has 0 aromatic heterocycles. The van der Waals surface area contributed by atoms with Gasteiger partial charge >= 0.3 is 0 Å². The SMILES string of the molecule is CCNC(=O)[C@@H](Cc1ccccc1)N(Cc1ccc(F)cc1)C(=O)COc1ccccc1C(C)C. The Morgan fingerprint density at radius 2 is 1.57 bits per heavy atom. The normalized spacial score (nSPS) is 11.7. The third-order valence-electron chi connectivity index (χ3n) is 5.78. The zero-order chi connectivity index (χ0) is 25.2. The number of benzene rings is 3. The van der Waals surface area contributed by atoms with Gasteiger partial charge < -0.3 is 15.0 Å². The molecule has 0 bridgehead atoms. The maximum absolute atomic E-state index is 13.6. The second-order valence-corrected chi connectivity index (χ2v) is 8.73. The van der Waals surface area contributed by atoms with E-state index in [9.17, 15) is 14.0 Å². The quantitative estimate of drug-likeness (QED) is 0.419. The molecule has 5 nitrogen and oxygen atoms in total. The smallest absolute Gasteiger partial charge is 0.261 e. The zero-order valence-electron chi connectivity index (χ0n) is 20.5. The lowest BCUT2D eigenvalue weighted by atomic mass is 10.0. The molecule has 3 aromatic carbocycles. The number of nitrogens with one attached hydrogen (secondary N) is 1. The van der Waals surface area contributed by atoms with Crippen LogP contribution < -0.4 is 10.1 Å². The third kappa shape index (κ3) is 7.41. The van der Waals surface area contributed by atoms with E-state index in [-0.39, 0.29) is 36.7 Å². The molecule has 0 saturated heterocycles. The van der Waals surface area contributed by atoms with Gasteiger partial charge in [0.2, 0.25) is 5.91 Å². The van der Waals surface area contributed by atoms with Gasteiger partial charge in [0, 0.05) is 19.5 Å². The lowest BCUT2D eigenvalue weighted by molar-refractivity contribution is -0.142. The Morgan fingerprint density at radius 3 is 2.23 bits per heavy atom. The van der Waals surface area contributed by atoms with Gasteiger partial charge in [-0.05, 0) is 47.7 Å². The van der Waals surface area contributed by atoms with Crippen molar-refractivity contribution in [3.8, 4) is 5.75 Å². The Morgan fingerprint density at radius 1 is 0.914 bits per heavy atom. The first-order valence-electron chi connectivity index (χ1n) is 12.0. The molecule has 3 aromatic rings. The van der Waals surface area contributed by atoms with Crippen molar-refractivity contribution in [3.63, 3.8) is 0 Å². The van der Waals surface area contributed by atoms with Gasteiger partial charge in [0.15, 0.2) is 6.61 Å². The molecule has 2 amide bonds. The molecule has 0 spiro atoms. The topological polar surface area (TPSA) is 58.6 Å². The Balaban J connectivity index is 1.90. The second kappa shape index (κ2) is 12.7. The standard InChI is InChI=1S/C29H33FN2O3/c1-4-31-29(34)26(18-22-10-6-5-7-11-22)32(19-23-14-16-24(30)17-15-23)28(33)20-35-27-13-9-8-12-25(27)21(2)3/h5-17,21,26H,4,18-20H2,1-3H3,(H,31,34)/t26-/m1/s1. The molecular weight excluding hydrogens is 443 g/mol. The Kier molecular flexibility index (Phi) is 9.41. The maximum Gasteiger partial charge on any atom is 0.261 e. The Hall–Kier alpha value is -3.67. The average molecular weight is 477 g/mol.